The van der Waals surface area contributed by atoms with E-state index in [-0.39, 0.29) is 23.2 Å². The average Bonchev–Trinajstić information content (AvgIpc) is 3.10. The summed E-state index contributed by atoms with van der Waals surface area (Å²) in [7, 11) is 0. The third kappa shape index (κ3) is 1.62. The lowest BCUT2D eigenvalue weighted by Crippen LogP contribution is -2.30. The Morgan fingerprint density at radius 1 is 1.41 bits per heavy atom. The number of nitrogens with two attached hydrogens (primary N) is 1. The Hall–Kier alpha value is -2.70. The third-order valence-corrected chi connectivity index (χ3v) is 4.32. The maximum Gasteiger partial charge on any atom is 0.269 e. The first-order chi connectivity index (χ1) is 10.6. The van der Waals surface area contributed by atoms with Gasteiger partial charge in [-0.3, -0.25) is 14.2 Å². The summed E-state index contributed by atoms with van der Waals surface area (Å²) in [5.41, 5.74) is 7.00. The Morgan fingerprint density at radius 2 is 2.23 bits per heavy atom. The number of benzene rings is 1. The molecular formula is C15H13FN4O2. The zero-order valence-corrected chi connectivity index (χ0v) is 11.6. The monoisotopic (exact) mass is 300 g/mol. The maximum atomic E-state index is 13.6. The molecule has 2 aromatic rings. The van der Waals surface area contributed by atoms with Crippen LogP contribution in [0.2, 0.25) is 0 Å². The summed E-state index contributed by atoms with van der Waals surface area (Å²) >= 11 is 0. The number of hydrogen-bond acceptors (Lipinski definition) is 3. The normalized spacial score (nSPS) is 19.4. The summed E-state index contributed by atoms with van der Waals surface area (Å²) in [6, 6.07) is 3.79. The van der Waals surface area contributed by atoms with Gasteiger partial charge < -0.3 is 10.6 Å². The molecule has 4 rings (SSSR count). The molecule has 7 heteroatoms. The van der Waals surface area contributed by atoms with Crippen LogP contribution in [0, 0.1) is 5.82 Å². The highest BCUT2D eigenvalue weighted by molar-refractivity contribution is 6.00. The minimum atomic E-state index is -0.626. The van der Waals surface area contributed by atoms with Crippen molar-refractivity contribution in [3.05, 3.63) is 47.3 Å². The first-order valence-electron chi connectivity index (χ1n) is 7.06. The van der Waals surface area contributed by atoms with E-state index in [2.05, 4.69) is 4.98 Å². The molecule has 1 fully saturated rings. The van der Waals surface area contributed by atoms with E-state index in [0.29, 0.717) is 17.9 Å². The summed E-state index contributed by atoms with van der Waals surface area (Å²) in [6.07, 6.45) is 3.03. The molecule has 6 nitrogen and oxygen atoms in total. The summed E-state index contributed by atoms with van der Waals surface area (Å²) in [6.45, 7) is 0.572. The minimum absolute atomic E-state index is 0.168. The average molecular weight is 300 g/mol. The maximum absolute atomic E-state index is 13.6. The molecule has 0 aliphatic carbocycles. The second kappa shape index (κ2) is 4.40. The zero-order chi connectivity index (χ0) is 15.4. The van der Waals surface area contributed by atoms with Gasteiger partial charge >= 0.3 is 0 Å². The van der Waals surface area contributed by atoms with Crippen molar-refractivity contribution in [1.82, 2.24) is 14.5 Å². The van der Waals surface area contributed by atoms with Crippen molar-refractivity contribution in [1.29, 1.82) is 0 Å². The predicted octanol–water partition coefficient (Wildman–Crippen LogP) is 1.40. The lowest BCUT2D eigenvalue weighted by molar-refractivity contribution is 0.0735. The van der Waals surface area contributed by atoms with Crippen LogP contribution >= 0.6 is 0 Å². The van der Waals surface area contributed by atoms with Crippen molar-refractivity contribution in [2.45, 2.75) is 18.9 Å². The first kappa shape index (κ1) is 13.0. The van der Waals surface area contributed by atoms with Crippen molar-refractivity contribution in [2.75, 3.05) is 6.54 Å². The standard InChI is InChI=1S/C15H13FN4O2/c16-8-3-4-10-9(6-8)15(22)19-5-1-2-11(19)13-12(14(17)21)18-7-20(10)13/h3-4,6-7,11H,1-2,5H2,(H2,17,21)/t11-/m0/s1. The molecule has 112 valence electrons. The molecule has 0 spiro atoms. The van der Waals surface area contributed by atoms with Crippen molar-refractivity contribution < 1.29 is 14.0 Å². The first-order valence-corrected chi connectivity index (χ1v) is 7.06. The smallest absolute Gasteiger partial charge is 0.269 e. The minimum Gasteiger partial charge on any atom is -0.364 e. The highest BCUT2D eigenvalue weighted by atomic mass is 19.1. The summed E-state index contributed by atoms with van der Waals surface area (Å²) < 4.78 is 15.3. The fourth-order valence-electron chi connectivity index (χ4n) is 3.40. The van der Waals surface area contributed by atoms with Crippen LogP contribution in [0.5, 0.6) is 0 Å². The van der Waals surface area contributed by atoms with E-state index in [9.17, 15) is 14.0 Å². The number of carbonyl (C=O) groups excluding carboxylic acids is 2. The molecule has 0 bridgehead atoms. The number of fused-ring (bicyclic) bond motifs is 5. The van der Waals surface area contributed by atoms with Crippen LogP contribution in [-0.4, -0.2) is 32.8 Å². The number of imidazole rings is 1. The van der Waals surface area contributed by atoms with Crippen LogP contribution < -0.4 is 5.73 Å². The highest BCUT2D eigenvalue weighted by Crippen LogP contribution is 2.39. The van der Waals surface area contributed by atoms with E-state index >= 15 is 0 Å². The number of rotatable bonds is 1. The van der Waals surface area contributed by atoms with Crippen LogP contribution in [-0.2, 0) is 0 Å². The molecule has 2 aliphatic rings. The molecule has 1 atom stereocenters. The molecule has 2 amide bonds. The van der Waals surface area contributed by atoms with E-state index in [1.807, 2.05) is 0 Å². The van der Waals surface area contributed by atoms with Crippen molar-refractivity contribution >= 4 is 11.8 Å². The lowest BCUT2D eigenvalue weighted by Gasteiger charge is -2.22. The van der Waals surface area contributed by atoms with Crippen molar-refractivity contribution in [3.8, 4) is 5.69 Å². The molecular weight excluding hydrogens is 287 g/mol. The number of hydrogen-bond donors (Lipinski definition) is 1. The van der Waals surface area contributed by atoms with Gasteiger partial charge in [-0.1, -0.05) is 0 Å². The number of nitrogens with zero attached hydrogens (tertiary/aromatic N) is 3. The second-order valence-electron chi connectivity index (χ2n) is 5.53. The molecule has 1 aromatic heterocycles. The van der Waals surface area contributed by atoms with Gasteiger partial charge in [0, 0.05) is 6.54 Å². The number of halogens is 1. The van der Waals surface area contributed by atoms with E-state index in [1.165, 1.54) is 24.5 Å². The van der Waals surface area contributed by atoms with Crippen LogP contribution in [0.25, 0.3) is 5.69 Å². The van der Waals surface area contributed by atoms with Gasteiger partial charge in [-0.2, -0.15) is 0 Å². The largest absolute Gasteiger partial charge is 0.364 e. The number of primary amides is 1. The Bertz CT molecular complexity index is 814. The van der Waals surface area contributed by atoms with Gasteiger partial charge in [0.05, 0.1) is 23.0 Å². The van der Waals surface area contributed by atoms with Crippen LogP contribution in [0.4, 0.5) is 4.39 Å². The molecule has 22 heavy (non-hydrogen) atoms. The molecule has 2 aliphatic heterocycles. The van der Waals surface area contributed by atoms with Crippen molar-refractivity contribution in [2.24, 2.45) is 5.73 Å². The number of aromatic nitrogens is 2. The highest BCUT2D eigenvalue weighted by Gasteiger charge is 2.39. The zero-order valence-electron chi connectivity index (χ0n) is 11.6. The molecule has 1 saturated heterocycles. The number of amides is 2. The molecule has 0 unspecified atom stereocenters. The van der Waals surface area contributed by atoms with Gasteiger partial charge in [-0.25, -0.2) is 9.37 Å². The predicted molar refractivity (Wildman–Crippen MR) is 75.1 cm³/mol. The van der Waals surface area contributed by atoms with Gasteiger partial charge in [0.15, 0.2) is 5.69 Å². The Morgan fingerprint density at radius 3 is 3.00 bits per heavy atom. The topological polar surface area (TPSA) is 81.2 Å². The van der Waals surface area contributed by atoms with Gasteiger partial charge in [-0.15, -0.1) is 0 Å². The van der Waals surface area contributed by atoms with Crippen molar-refractivity contribution in [3.63, 3.8) is 0 Å². The van der Waals surface area contributed by atoms with Gasteiger partial charge in [0.2, 0.25) is 0 Å². The fourth-order valence-corrected chi connectivity index (χ4v) is 3.40. The Kier molecular flexibility index (Phi) is 2.60. The van der Waals surface area contributed by atoms with Crippen LogP contribution in [0.3, 0.4) is 0 Å². The molecule has 1 aromatic carbocycles. The van der Waals surface area contributed by atoms with Gasteiger partial charge in [-0.05, 0) is 31.0 Å². The summed E-state index contributed by atoms with van der Waals surface area (Å²) in [5, 5.41) is 0. The quantitative estimate of drug-likeness (QED) is 0.864. The molecule has 3 heterocycles. The van der Waals surface area contributed by atoms with Crippen LogP contribution in [0.15, 0.2) is 24.5 Å². The SMILES string of the molecule is NC(=O)c1ncn2c1[C@@H]1CCCN1C(=O)c1cc(F)ccc1-2. The Balaban J connectivity index is 2.05. The lowest BCUT2D eigenvalue weighted by atomic mass is 10.1. The third-order valence-electron chi connectivity index (χ3n) is 4.32. The molecule has 0 saturated carbocycles. The summed E-state index contributed by atoms with van der Waals surface area (Å²) in [4.78, 5) is 30.2. The van der Waals surface area contributed by atoms with Gasteiger partial charge in [0.1, 0.15) is 12.1 Å². The second-order valence-corrected chi connectivity index (χ2v) is 5.53. The molecule has 2 N–H and O–H groups in total. The number of carbonyl (C=O) groups is 2. The van der Waals surface area contributed by atoms with E-state index in [4.69, 9.17) is 5.73 Å². The summed E-state index contributed by atoms with van der Waals surface area (Å²) in [5.74, 6) is -1.32. The van der Waals surface area contributed by atoms with E-state index < -0.39 is 11.7 Å². The molecule has 0 radical (unpaired) electrons. The van der Waals surface area contributed by atoms with Crippen LogP contribution in [0.1, 0.15) is 45.4 Å². The Labute approximate surface area is 125 Å². The fraction of sp³-hybridized carbons (Fsp3) is 0.267. The van der Waals surface area contributed by atoms with Gasteiger partial charge in [0.25, 0.3) is 11.8 Å². The van der Waals surface area contributed by atoms with E-state index in [1.54, 1.807) is 9.47 Å². The van der Waals surface area contributed by atoms with E-state index in [0.717, 1.165) is 12.8 Å².